The summed E-state index contributed by atoms with van der Waals surface area (Å²) in [5.74, 6) is -1.52. The number of halogens is 3. The van der Waals surface area contributed by atoms with E-state index in [1.54, 1.807) is 0 Å². The first-order valence-electron chi connectivity index (χ1n) is 2.81. The molecule has 0 N–H and O–H groups in total. The zero-order valence-electron chi connectivity index (χ0n) is 6.27. The fourth-order valence-electron chi connectivity index (χ4n) is 0.315. The van der Waals surface area contributed by atoms with Crippen molar-refractivity contribution in [1.29, 1.82) is 0 Å². The molecule has 0 aromatic carbocycles. The molecule has 0 amide bonds. The van der Waals surface area contributed by atoms with E-state index in [1.165, 1.54) is 7.11 Å². The van der Waals surface area contributed by atoms with Crippen LogP contribution < -0.4 is 0 Å². The number of hydrogen-bond acceptors (Lipinski definition) is 3. The number of methoxy groups -OCH3 is 1. The maximum absolute atomic E-state index is 11.7. The van der Waals surface area contributed by atoms with Gasteiger partial charge in [-0.1, -0.05) is 6.58 Å². The van der Waals surface area contributed by atoms with Crippen LogP contribution in [-0.4, -0.2) is 26.0 Å². The van der Waals surface area contributed by atoms with E-state index in [0.29, 0.717) is 0 Å². The van der Waals surface area contributed by atoms with Gasteiger partial charge in [-0.3, -0.25) is 0 Å². The van der Waals surface area contributed by atoms with E-state index in [0.717, 1.165) is 0 Å². The highest BCUT2D eigenvalue weighted by molar-refractivity contribution is 5.89. The average Bonchev–Trinajstić information content (AvgIpc) is 1.97. The molecule has 3 nitrogen and oxygen atoms in total. The third kappa shape index (κ3) is 3.38. The van der Waals surface area contributed by atoms with E-state index < -0.39 is 24.5 Å². The molecule has 70 valence electrons. The zero-order chi connectivity index (χ0) is 9.78. The van der Waals surface area contributed by atoms with Gasteiger partial charge in [0.05, 0.1) is 0 Å². The van der Waals surface area contributed by atoms with Crippen LogP contribution in [0.25, 0.3) is 0 Å². The van der Waals surface area contributed by atoms with E-state index in [1.807, 2.05) is 0 Å². The summed E-state index contributed by atoms with van der Waals surface area (Å²) in [6.45, 7) is 2.00. The van der Waals surface area contributed by atoms with Crippen LogP contribution >= 0.6 is 0 Å². The van der Waals surface area contributed by atoms with Crippen molar-refractivity contribution >= 4 is 5.97 Å². The van der Waals surface area contributed by atoms with Crippen molar-refractivity contribution in [3.05, 3.63) is 12.2 Å². The number of rotatable bonds is 3. The molecule has 0 aliphatic carbocycles. The summed E-state index contributed by atoms with van der Waals surface area (Å²) in [6, 6.07) is 0. The van der Waals surface area contributed by atoms with Gasteiger partial charge in [-0.15, -0.1) is 0 Å². The average molecular weight is 184 g/mol. The summed E-state index contributed by atoms with van der Waals surface area (Å²) in [4.78, 5) is 10.4. The van der Waals surface area contributed by atoms with Gasteiger partial charge in [0, 0.05) is 7.11 Å². The number of alkyl halides is 3. The van der Waals surface area contributed by atoms with E-state index in [4.69, 9.17) is 0 Å². The van der Waals surface area contributed by atoms with Crippen molar-refractivity contribution in [1.82, 2.24) is 0 Å². The SMILES string of the molecule is C=C(C(=O)OCOC)C(F)(F)F. The first kappa shape index (κ1) is 11.0. The number of hydrogen-bond donors (Lipinski definition) is 0. The van der Waals surface area contributed by atoms with E-state index in [2.05, 4.69) is 16.1 Å². The van der Waals surface area contributed by atoms with Gasteiger partial charge in [0.15, 0.2) is 6.79 Å². The molecule has 0 spiro atoms. The predicted octanol–water partition coefficient (Wildman–Crippen LogP) is 1.25. The van der Waals surface area contributed by atoms with Crippen molar-refractivity contribution in [2.45, 2.75) is 6.18 Å². The number of carbonyl (C=O) groups excluding carboxylic acids is 1. The van der Waals surface area contributed by atoms with Crippen LogP contribution in [0.4, 0.5) is 13.2 Å². The molecule has 0 aliphatic heterocycles. The standard InChI is InChI=1S/C6H7F3O3/c1-4(6(7,8)9)5(10)12-3-11-2/h1,3H2,2H3. The minimum absolute atomic E-state index is 0.520. The third-order valence-electron chi connectivity index (χ3n) is 0.896. The molecule has 0 aromatic rings. The Kier molecular flexibility index (Phi) is 3.75. The van der Waals surface area contributed by atoms with Crippen LogP contribution in [0.5, 0.6) is 0 Å². The summed E-state index contributed by atoms with van der Waals surface area (Å²) >= 11 is 0. The lowest BCUT2D eigenvalue weighted by molar-refractivity contribution is -0.159. The molecule has 6 heteroatoms. The normalized spacial score (nSPS) is 11.0. The maximum atomic E-state index is 11.7. The molecule has 0 bridgehead atoms. The van der Waals surface area contributed by atoms with E-state index in [9.17, 15) is 18.0 Å². The Morgan fingerprint density at radius 2 is 2.00 bits per heavy atom. The fourth-order valence-corrected chi connectivity index (χ4v) is 0.315. The summed E-state index contributed by atoms with van der Waals surface area (Å²) in [5.41, 5.74) is -1.54. The predicted molar refractivity (Wildman–Crippen MR) is 33.2 cm³/mol. The second kappa shape index (κ2) is 4.10. The van der Waals surface area contributed by atoms with Crippen LogP contribution in [0.15, 0.2) is 12.2 Å². The first-order chi connectivity index (χ1) is 5.39. The largest absolute Gasteiger partial charge is 0.435 e. The molecule has 0 saturated carbocycles. The van der Waals surface area contributed by atoms with Gasteiger partial charge in [0.2, 0.25) is 0 Å². The van der Waals surface area contributed by atoms with Gasteiger partial charge >= 0.3 is 12.1 Å². The molecule has 12 heavy (non-hydrogen) atoms. The molecular formula is C6H7F3O3. The third-order valence-corrected chi connectivity index (χ3v) is 0.896. The van der Waals surface area contributed by atoms with Gasteiger partial charge in [-0.05, 0) is 0 Å². The fraction of sp³-hybridized carbons (Fsp3) is 0.500. The minimum atomic E-state index is -4.75. The Bertz CT molecular complexity index is 185. The van der Waals surface area contributed by atoms with Crippen LogP contribution in [0, 0.1) is 0 Å². The van der Waals surface area contributed by atoms with Crippen molar-refractivity contribution in [3.8, 4) is 0 Å². The van der Waals surface area contributed by atoms with Crippen LogP contribution in [-0.2, 0) is 14.3 Å². The van der Waals surface area contributed by atoms with Gasteiger partial charge in [0.25, 0.3) is 0 Å². The molecule has 0 atom stereocenters. The monoisotopic (exact) mass is 184 g/mol. The molecular weight excluding hydrogens is 177 g/mol. The lowest BCUT2D eigenvalue weighted by Crippen LogP contribution is -2.21. The Morgan fingerprint density at radius 1 is 1.50 bits per heavy atom. The highest BCUT2D eigenvalue weighted by Crippen LogP contribution is 2.24. The Hall–Kier alpha value is -1.04. The van der Waals surface area contributed by atoms with Crippen molar-refractivity contribution in [2.24, 2.45) is 0 Å². The lowest BCUT2D eigenvalue weighted by atomic mass is 10.3. The molecule has 0 fully saturated rings. The van der Waals surface area contributed by atoms with E-state index >= 15 is 0 Å². The molecule has 0 rings (SSSR count). The summed E-state index contributed by atoms with van der Waals surface area (Å²) in [7, 11) is 1.18. The van der Waals surface area contributed by atoms with Gasteiger partial charge in [0.1, 0.15) is 5.57 Å². The maximum Gasteiger partial charge on any atom is 0.422 e. The molecule has 0 saturated heterocycles. The zero-order valence-corrected chi connectivity index (χ0v) is 6.27. The number of ether oxygens (including phenoxy) is 2. The van der Waals surface area contributed by atoms with Crippen molar-refractivity contribution in [3.63, 3.8) is 0 Å². The Morgan fingerprint density at radius 3 is 2.33 bits per heavy atom. The molecule has 0 aliphatic rings. The highest BCUT2D eigenvalue weighted by Gasteiger charge is 2.37. The Labute approximate surface area is 66.8 Å². The summed E-state index contributed by atoms with van der Waals surface area (Å²) < 4.78 is 43.3. The van der Waals surface area contributed by atoms with Crippen molar-refractivity contribution in [2.75, 3.05) is 13.9 Å². The second-order valence-corrected chi connectivity index (χ2v) is 1.81. The van der Waals surface area contributed by atoms with Crippen LogP contribution in [0.3, 0.4) is 0 Å². The first-order valence-corrected chi connectivity index (χ1v) is 2.81. The van der Waals surface area contributed by atoms with Crippen molar-refractivity contribution < 1.29 is 27.4 Å². The highest BCUT2D eigenvalue weighted by atomic mass is 19.4. The smallest absolute Gasteiger partial charge is 0.422 e. The second-order valence-electron chi connectivity index (χ2n) is 1.81. The quantitative estimate of drug-likeness (QED) is 0.376. The van der Waals surface area contributed by atoms with Gasteiger partial charge in [-0.2, -0.15) is 13.2 Å². The summed E-state index contributed by atoms with van der Waals surface area (Å²) in [6.07, 6.45) is -4.75. The van der Waals surface area contributed by atoms with Gasteiger partial charge in [-0.25, -0.2) is 4.79 Å². The Balaban J connectivity index is 4.04. The molecule has 0 aromatic heterocycles. The number of esters is 1. The lowest BCUT2D eigenvalue weighted by Gasteiger charge is -2.08. The molecule has 0 radical (unpaired) electrons. The topological polar surface area (TPSA) is 35.5 Å². The molecule has 0 unspecified atom stereocenters. The van der Waals surface area contributed by atoms with Crippen LogP contribution in [0.2, 0.25) is 0 Å². The van der Waals surface area contributed by atoms with Gasteiger partial charge < -0.3 is 9.47 Å². The summed E-state index contributed by atoms with van der Waals surface area (Å²) in [5, 5.41) is 0. The minimum Gasteiger partial charge on any atom is -0.435 e. The van der Waals surface area contributed by atoms with E-state index in [-0.39, 0.29) is 0 Å². The number of carbonyl (C=O) groups is 1. The molecule has 0 heterocycles. The van der Waals surface area contributed by atoms with Crippen LogP contribution in [0.1, 0.15) is 0 Å².